The van der Waals surface area contributed by atoms with Crippen molar-refractivity contribution in [2.24, 2.45) is 0 Å². The molecule has 1 heterocycles. The summed E-state index contributed by atoms with van der Waals surface area (Å²) in [7, 11) is 0. The van der Waals surface area contributed by atoms with E-state index in [2.05, 4.69) is 20.5 Å². The van der Waals surface area contributed by atoms with Gasteiger partial charge < -0.3 is 20.5 Å². The first kappa shape index (κ1) is 21.7. The highest BCUT2D eigenvalue weighted by molar-refractivity contribution is 6.39. The lowest BCUT2D eigenvalue weighted by Crippen LogP contribution is -2.27. The maximum absolute atomic E-state index is 11.8. The van der Waals surface area contributed by atoms with Gasteiger partial charge in [0.2, 0.25) is 11.9 Å². The Morgan fingerprint density at radius 2 is 1.80 bits per heavy atom. The number of nitrogens with zero attached hydrogens (tertiary/aromatic N) is 2. The molecule has 0 unspecified atom stereocenters. The third kappa shape index (κ3) is 5.77. The van der Waals surface area contributed by atoms with Crippen LogP contribution in [0.15, 0.2) is 36.4 Å². The van der Waals surface area contributed by atoms with Gasteiger partial charge in [0.05, 0.1) is 10.0 Å². The number of ether oxygens (including phenoxy) is 2. The lowest BCUT2D eigenvalue weighted by molar-refractivity contribution is -0.157. The highest BCUT2D eigenvalue weighted by Crippen LogP contribution is 2.38. The number of nitrogens with one attached hydrogen (secondary N) is 2. The van der Waals surface area contributed by atoms with Crippen LogP contribution in [0.5, 0.6) is 5.75 Å². The third-order valence-electron chi connectivity index (χ3n) is 3.72. The summed E-state index contributed by atoms with van der Waals surface area (Å²) >= 11 is 12.9. The van der Waals surface area contributed by atoms with E-state index in [-0.39, 0.29) is 12.6 Å². The fraction of sp³-hybridized carbons (Fsp3) is 0.250. The zero-order valence-electron chi connectivity index (χ0n) is 16.6. The minimum Gasteiger partial charge on any atom is -0.482 e. The van der Waals surface area contributed by atoms with Gasteiger partial charge in [-0.15, -0.1) is 5.10 Å². The molecule has 0 aliphatic rings. The number of carbonyl (C=O) groups is 1. The number of esters is 1. The van der Waals surface area contributed by atoms with Gasteiger partial charge >= 0.3 is 5.97 Å². The Balaban J connectivity index is 1.70. The van der Waals surface area contributed by atoms with Crippen molar-refractivity contribution in [3.05, 3.63) is 46.4 Å². The van der Waals surface area contributed by atoms with Crippen LogP contribution in [0.25, 0.3) is 11.1 Å². The van der Waals surface area contributed by atoms with Gasteiger partial charge in [0, 0.05) is 11.3 Å². The summed E-state index contributed by atoms with van der Waals surface area (Å²) < 4.78 is 10.7. The lowest BCUT2D eigenvalue weighted by Gasteiger charge is -2.19. The molecule has 3 rings (SSSR count). The third-order valence-corrected chi connectivity index (χ3v) is 4.32. The number of rotatable bonds is 6. The number of hydrogen-bond donors (Lipinski definition) is 3. The molecule has 158 valence electrons. The normalized spacial score (nSPS) is 11.2. The van der Waals surface area contributed by atoms with Crippen LogP contribution in [0.2, 0.25) is 10.0 Å². The van der Waals surface area contributed by atoms with Crippen LogP contribution in [0, 0.1) is 0 Å². The molecular formula is C20H21Cl2N5O3. The molecule has 0 amide bonds. The summed E-state index contributed by atoms with van der Waals surface area (Å²) in [6.45, 7) is 5.22. The van der Waals surface area contributed by atoms with E-state index >= 15 is 0 Å². The first-order chi connectivity index (χ1) is 14.1. The van der Waals surface area contributed by atoms with Crippen LogP contribution in [0.4, 0.5) is 17.6 Å². The van der Waals surface area contributed by atoms with Crippen molar-refractivity contribution >= 4 is 46.8 Å². The summed E-state index contributed by atoms with van der Waals surface area (Å²) in [5.41, 5.74) is 7.03. The monoisotopic (exact) mass is 449 g/mol. The van der Waals surface area contributed by atoms with Crippen LogP contribution in [0.1, 0.15) is 20.8 Å². The van der Waals surface area contributed by atoms with E-state index in [9.17, 15) is 4.79 Å². The smallest absolute Gasteiger partial charge is 0.344 e. The van der Waals surface area contributed by atoms with Gasteiger partial charge in [0.1, 0.15) is 11.4 Å². The summed E-state index contributed by atoms with van der Waals surface area (Å²) in [6, 6.07) is 10.5. The van der Waals surface area contributed by atoms with Crippen molar-refractivity contribution in [2.45, 2.75) is 26.4 Å². The number of hydrogen-bond acceptors (Lipinski definition) is 7. The molecule has 0 aliphatic heterocycles. The van der Waals surface area contributed by atoms with Gasteiger partial charge in [-0.3, -0.25) is 0 Å². The number of aromatic amines is 1. The van der Waals surface area contributed by atoms with Crippen LogP contribution in [-0.4, -0.2) is 33.4 Å². The number of nitrogen functional groups attached to an aromatic ring is 1. The van der Waals surface area contributed by atoms with E-state index in [0.29, 0.717) is 33.0 Å². The average molecular weight is 450 g/mol. The Morgan fingerprint density at radius 3 is 2.33 bits per heavy atom. The molecule has 0 fully saturated rings. The Labute approximate surface area is 183 Å². The second kappa shape index (κ2) is 8.81. The highest BCUT2D eigenvalue weighted by atomic mass is 35.5. The Morgan fingerprint density at radius 1 is 1.17 bits per heavy atom. The van der Waals surface area contributed by atoms with Gasteiger partial charge in [-0.05, 0) is 50.6 Å². The zero-order chi connectivity index (χ0) is 21.9. The molecule has 0 saturated carbocycles. The fourth-order valence-corrected chi connectivity index (χ4v) is 3.32. The first-order valence-corrected chi connectivity index (χ1v) is 9.75. The van der Waals surface area contributed by atoms with Gasteiger partial charge in [0.25, 0.3) is 0 Å². The molecule has 2 aromatic carbocycles. The predicted molar refractivity (Wildman–Crippen MR) is 117 cm³/mol. The van der Waals surface area contributed by atoms with Gasteiger partial charge in [-0.25, -0.2) is 9.89 Å². The molecule has 0 saturated heterocycles. The predicted octanol–water partition coefficient (Wildman–Crippen LogP) is 4.82. The van der Waals surface area contributed by atoms with Crippen molar-refractivity contribution in [3.63, 3.8) is 0 Å². The largest absolute Gasteiger partial charge is 0.482 e. The molecule has 1 aromatic heterocycles. The van der Waals surface area contributed by atoms with Gasteiger partial charge in [0.15, 0.2) is 6.61 Å². The summed E-state index contributed by atoms with van der Waals surface area (Å²) in [5.74, 6) is 0.588. The molecule has 0 atom stereocenters. The molecule has 0 bridgehead atoms. The molecule has 0 spiro atoms. The minimum atomic E-state index is -0.557. The molecule has 4 N–H and O–H groups in total. The average Bonchev–Trinajstić information content (AvgIpc) is 3.04. The summed E-state index contributed by atoms with van der Waals surface area (Å²) in [4.78, 5) is 15.7. The van der Waals surface area contributed by atoms with Crippen molar-refractivity contribution in [1.29, 1.82) is 0 Å². The topological polar surface area (TPSA) is 115 Å². The zero-order valence-corrected chi connectivity index (χ0v) is 18.1. The minimum absolute atomic E-state index is 0.176. The number of halogens is 2. The van der Waals surface area contributed by atoms with Crippen molar-refractivity contribution in [1.82, 2.24) is 15.2 Å². The van der Waals surface area contributed by atoms with E-state index in [1.54, 1.807) is 57.2 Å². The van der Waals surface area contributed by atoms with E-state index in [1.807, 2.05) is 0 Å². The summed E-state index contributed by atoms with van der Waals surface area (Å²) in [6.07, 6.45) is 0. The van der Waals surface area contributed by atoms with Crippen LogP contribution >= 0.6 is 23.2 Å². The van der Waals surface area contributed by atoms with Crippen LogP contribution in [0.3, 0.4) is 0 Å². The van der Waals surface area contributed by atoms with E-state index in [0.717, 1.165) is 5.56 Å². The Hall–Kier alpha value is -2.97. The quantitative estimate of drug-likeness (QED) is 0.461. The molecule has 8 nitrogen and oxygen atoms in total. The maximum Gasteiger partial charge on any atom is 0.344 e. The number of carbonyl (C=O) groups excluding carboxylic acids is 1. The van der Waals surface area contributed by atoms with Crippen molar-refractivity contribution in [3.8, 4) is 16.9 Å². The van der Waals surface area contributed by atoms with Crippen molar-refractivity contribution < 1.29 is 14.3 Å². The summed E-state index contributed by atoms with van der Waals surface area (Å²) in [5, 5.41) is 10.3. The number of H-pyrrole nitrogens is 1. The number of benzene rings is 2. The lowest BCUT2D eigenvalue weighted by atomic mass is 10.0. The first-order valence-electron chi connectivity index (χ1n) is 9.00. The standard InChI is InChI=1S/C20H21Cl2N5O3/c1-20(2,3)30-16(28)10-29-13-6-4-11(5-7-13)17-14(21)8-12(9-15(17)22)24-19-25-18(23)26-27-19/h4-9H,10H2,1-3H3,(H4,23,24,25,26,27). The maximum atomic E-state index is 11.8. The Kier molecular flexibility index (Phi) is 6.38. The highest BCUT2D eigenvalue weighted by Gasteiger charge is 2.17. The molecule has 3 aromatic rings. The number of nitrogens with two attached hydrogens (primary N) is 1. The molecule has 0 radical (unpaired) electrons. The molecular weight excluding hydrogens is 429 g/mol. The van der Waals surface area contributed by atoms with Crippen LogP contribution < -0.4 is 15.8 Å². The number of aromatic nitrogens is 3. The number of anilines is 3. The van der Waals surface area contributed by atoms with Gasteiger partial charge in [-0.1, -0.05) is 35.3 Å². The Bertz CT molecular complexity index is 1020. The van der Waals surface area contributed by atoms with Crippen LogP contribution in [-0.2, 0) is 9.53 Å². The van der Waals surface area contributed by atoms with E-state index in [1.165, 1.54) is 0 Å². The molecule has 30 heavy (non-hydrogen) atoms. The van der Waals surface area contributed by atoms with Gasteiger partial charge in [-0.2, -0.15) is 4.98 Å². The molecule has 10 heteroatoms. The fourth-order valence-electron chi connectivity index (χ4n) is 2.61. The molecule has 0 aliphatic carbocycles. The second-order valence-electron chi connectivity index (χ2n) is 7.38. The SMILES string of the molecule is CC(C)(C)OC(=O)COc1ccc(-c2c(Cl)cc(Nc3n[nH]c(N)n3)cc2Cl)cc1. The van der Waals surface area contributed by atoms with E-state index in [4.69, 9.17) is 38.4 Å². The second-order valence-corrected chi connectivity index (χ2v) is 8.20. The van der Waals surface area contributed by atoms with E-state index < -0.39 is 11.6 Å². The van der Waals surface area contributed by atoms with Crippen molar-refractivity contribution in [2.75, 3.05) is 17.7 Å².